The van der Waals surface area contributed by atoms with Crippen LogP contribution in [0.25, 0.3) is 0 Å². The number of ether oxygens (including phenoxy) is 2. The molecule has 0 radical (unpaired) electrons. The fraction of sp³-hybridized carbons (Fsp3) is 0.375. The maximum atomic E-state index is 5.73. The van der Waals surface area contributed by atoms with E-state index in [1.54, 1.807) is 7.11 Å². The molecular weight excluding hydrogens is 266 g/mol. The van der Waals surface area contributed by atoms with Crippen molar-refractivity contribution in [3.05, 3.63) is 41.3 Å². The van der Waals surface area contributed by atoms with Crippen molar-refractivity contribution in [1.29, 1.82) is 0 Å². The van der Waals surface area contributed by atoms with Crippen LogP contribution in [0.1, 0.15) is 29.5 Å². The van der Waals surface area contributed by atoms with E-state index < -0.39 is 0 Å². The van der Waals surface area contributed by atoms with Crippen LogP contribution in [0.5, 0.6) is 11.5 Å². The lowest BCUT2D eigenvalue weighted by molar-refractivity contribution is 0.272. The standard InChI is InChI=1S/C16H19N3O2/c1-10-8-16(18-11(2)17-10)19-14-6-7-21-15-9-12(20-3)4-5-13(14)15/h4-5,8-9,14H,6-7H2,1-3H3,(H,17,18,19). The molecule has 0 bridgehead atoms. The van der Waals surface area contributed by atoms with E-state index in [-0.39, 0.29) is 6.04 Å². The van der Waals surface area contributed by atoms with Gasteiger partial charge < -0.3 is 14.8 Å². The van der Waals surface area contributed by atoms with Gasteiger partial charge in [0.2, 0.25) is 0 Å². The SMILES string of the molecule is COc1ccc2c(c1)OCCC2Nc1cc(C)nc(C)n1. The van der Waals surface area contributed by atoms with Crippen molar-refractivity contribution in [2.45, 2.75) is 26.3 Å². The van der Waals surface area contributed by atoms with Crippen molar-refractivity contribution in [3.63, 3.8) is 0 Å². The Kier molecular flexibility index (Phi) is 3.64. The molecule has 5 nitrogen and oxygen atoms in total. The smallest absolute Gasteiger partial charge is 0.130 e. The molecule has 3 rings (SSSR count). The number of rotatable bonds is 3. The number of methoxy groups -OCH3 is 1. The zero-order valence-electron chi connectivity index (χ0n) is 12.5. The van der Waals surface area contributed by atoms with Crippen LogP contribution < -0.4 is 14.8 Å². The molecule has 2 aromatic rings. The second-order valence-corrected chi connectivity index (χ2v) is 5.18. The van der Waals surface area contributed by atoms with Gasteiger partial charge in [-0.25, -0.2) is 9.97 Å². The fourth-order valence-electron chi connectivity index (χ4n) is 2.62. The summed E-state index contributed by atoms with van der Waals surface area (Å²) in [4.78, 5) is 8.75. The number of aryl methyl sites for hydroxylation is 2. The highest BCUT2D eigenvalue weighted by atomic mass is 16.5. The predicted molar refractivity (Wildman–Crippen MR) is 81.0 cm³/mol. The first-order valence-electron chi connectivity index (χ1n) is 7.05. The minimum Gasteiger partial charge on any atom is -0.497 e. The van der Waals surface area contributed by atoms with Gasteiger partial charge in [-0.15, -0.1) is 0 Å². The van der Waals surface area contributed by atoms with E-state index in [2.05, 4.69) is 15.3 Å². The number of benzene rings is 1. The van der Waals surface area contributed by atoms with Crippen LogP contribution in [0.2, 0.25) is 0 Å². The Labute approximate surface area is 124 Å². The van der Waals surface area contributed by atoms with Crippen LogP contribution >= 0.6 is 0 Å². The number of fused-ring (bicyclic) bond motifs is 1. The van der Waals surface area contributed by atoms with Gasteiger partial charge in [0, 0.05) is 29.8 Å². The van der Waals surface area contributed by atoms with Gasteiger partial charge in [-0.2, -0.15) is 0 Å². The molecule has 1 aliphatic rings. The van der Waals surface area contributed by atoms with Crippen molar-refractivity contribution < 1.29 is 9.47 Å². The Morgan fingerprint density at radius 3 is 2.86 bits per heavy atom. The molecule has 0 spiro atoms. The summed E-state index contributed by atoms with van der Waals surface area (Å²) in [6, 6.07) is 8.09. The average Bonchev–Trinajstić information content (AvgIpc) is 2.46. The van der Waals surface area contributed by atoms with Crippen molar-refractivity contribution in [3.8, 4) is 11.5 Å². The number of nitrogens with zero attached hydrogens (tertiary/aromatic N) is 2. The molecular formula is C16H19N3O2. The molecule has 0 aliphatic carbocycles. The summed E-state index contributed by atoms with van der Waals surface area (Å²) in [7, 11) is 1.66. The topological polar surface area (TPSA) is 56.3 Å². The number of nitrogens with one attached hydrogen (secondary N) is 1. The highest BCUT2D eigenvalue weighted by Gasteiger charge is 2.22. The molecule has 1 aliphatic heterocycles. The Bertz CT molecular complexity index is 638. The summed E-state index contributed by atoms with van der Waals surface area (Å²) in [6.07, 6.45) is 0.904. The minimum absolute atomic E-state index is 0.188. The van der Waals surface area contributed by atoms with Crippen LogP contribution in [0.4, 0.5) is 5.82 Å². The molecule has 0 saturated heterocycles. The minimum atomic E-state index is 0.188. The van der Waals surface area contributed by atoms with Gasteiger partial charge in [0.05, 0.1) is 19.8 Å². The maximum absolute atomic E-state index is 5.73. The van der Waals surface area contributed by atoms with Crippen LogP contribution in [-0.2, 0) is 0 Å². The van der Waals surface area contributed by atoms with Crippen LogP contribution in [-0.4, -0.2) is 23.7 Å². The van der Waals surface area contributed by atoms with E-state index in [1.807, 2.05) is 38.1 Å². The lowest BCUT2D eigenvalue weighted by Gasteiger charge is -2.27. The average molecular weight is 285 g/mol. The second-order valence-electron chi connectivity index (χ2n) is 5.18. The first-order chi connectivity index (χ1) is 10.2. The van der Waals surface area contributed by atoms with Crippen molar-refractivity contribution in [2.24, 2.45) is 0 Å². The zero-order valence-corrected chi connectivity index (χ0v) is 12.5. The van der Waals surface area contributed by atoms with Gasteiger partial charge >= 0.3 is 0 Å². The Hall–Kier alpha value is -2.30. The predicted octanol–water partition coefficient (Wildman–Crippen LogP) is 3.04. The van der Waals surface area contributed by atoms with Gasteiger partial charge in [-0.1, -0.05) is 0 Å². The van der Waals surface area contributed by atoms with E-state index in [9.17, 15) is 0 Å². The number of aromatic nitrogens is 2. The van der Waals surface area contributed by atoms with Crippen LogP contribution in [0, 0.1) is 13.8 Å². The molecule has 5 heteroatoms. The first-order valence-corrected chi connectivity index (χ1v) is 7.05. The zero-order chi connectivity index (χ0) is 14.8. The van der Waals surface area contributed by atoms with Crippen LogP contribution in [0.15, 0.2) is 24.3 Å². The first kappa shape index (κ1) is 13.7. The van der Waals surface area contributed by atoms with Gasteiger partial charge in [0.25, 0.3) is 0 Å². The molecule has 110 valence electrons. The van der Waals surface area contributed by atoms with Gasteiger partial charge in [0.1, 0.15) is 23.1 Å². The molecule has 0 fully saturated rings. The van der Waals surface area contributed by atoms with E-state index in [0.29, 0.717) is 6.61 Å². The molecule has 1 aromatic carbocycles. The van der Waals surface area contributed by atoms with Crippen LogP contribution in [0.3, 0.4) is 0 Å². The molecule has 1 N–H and O–H groups in total. The largest absolute Gasteiger partial charge is 0.497 e. The summed E-state index contributed by atoms with van der Waals surface area (Å²) in [5.41, 5.74) is 2.10. The number of hydrogen-bond donors (Lipinski definition) is 1. The van der Waals surface area contributed by atoms with Gasteiger partial charge in [0.15, 0.2) is 0 Å². The molecule has 0 saturated carbocycles. The Balaban J connectivity index is 1.88. The quantitative estimate of drug-likeness (QED) is 0.939. The summed E-state index contributed by atoms with van der Waals surface area (Å²) in [5, 5.41) is 3.48. The molecule has 1 unspecified atom stereocenters. The summed E-state index contributed by atoms with van der Waals surface area (Å²) < 4.78 is 11.0. The van der Waals surface area contributed by atoms with Crippen molar-refractivity contribution in [1.82, 2.24) is 9.97 Å². The molecule has 1 atom stereocenters. The maximum Gasteiger partial charge on any atom is 0.130 e. The Morgan fingerprint density at radius 1 is 1.24 bits per heavy atom. The van der Waals surface area contributed by atoms with E-state index in [4.69, 9.17) is 9.47 Å². The summed E-state index contributed by atoms with van der Waals surface area (Å²) in [6.45, 7) is 4.56. The molecule has 2 heterocycles. The highest BCUT2D eigenvalue weighted by Crippen LogP contribution is 2.36. The Morgan fingerprint density at radius 2 is 2.10 bits per heavy atom. The normalized spacial score (nSPS) is 16.8. The van der Waals surface area contributed by atoms with E-state index in [0.717, 1.165) is 40.8 Å². The third kappa shape index (κ3) is 2.91. The molecule has 0 amide bonds. The van der Waals surface area contributed by atoms with E-state index >= 15 is 0 Å². The third-order valence-corrected chi connectivity index (χ3v) is 3.55. The molecule has 1 aromatic heterocycles. The summed E-state index contributed by atoms with van der Waals surface area (Å²) >= 11 is 0. The fourth-order valence-corrected chi connectivity index (χ4v) is 2.62. The lowest BCUT2D eigenvalue weighted by Crippen LogP contribution is -2.21. The van der Waals surface area contributed by atoms with Gasteiger partial charge in [-0.05, 0) is 26.0 Å². The van der Waals surface area contributed by atoms with E-state index in [1.165, 1.54) is 0 Å². The third-order valence-electron chi connectivity index (χ3n) is 3.55. The van der Waals surface area contributed by atoms with Gasteiger partial charge in [-0.3, -0.25) is 0 Å². The van der Waals surface area contributed by atoms with Crippen molar-refractivity contribution in [2.75, 3.05) is 19.0 Å². The highest BCUT2D eigenvalue weighted by molar-refractivity contribution is 5.48. The lowest BCUT2D eigenvalue weighted by atomic mass is 10.0. The number of hydrogen-bond acceptors (Lipinski definition) is 5. The monoisotopic (exact) mass is 285 g/mol. The summed E-state index contributed by atoms with van der Waals surface area (Å²) in [5.74, 6) is 3.32. The second kappa shape index (κ2) is 5.60. The molecule has 21 heavy (non-hydrogen) atoms. The number of anilines is 1. The van der Waals surface area contributed by atoms with Crippen molar-refractivity contribution >= 4 is 5.82 Å².